The lowest BCUT2D eigenvalue weighted by Gasteiger charge is -2.18. The van der Waals surface area contributed by atoms with Crippen LogP contribution in [0.25, 0.3) is 0 Å². The minimum Gasteiger partial charge on any atom is -0.360 e. The number of pyridine rings is 1. The van der Waals surface area contributed by atoms with Crippen molar-refractivity contribution in [3.8, 4) is 0 Å². The van der Waals surface area contributed by atoms with Crippen LogP contribution in [0.5, 0.6) is 0 Å². The second-order valence-corrected chi connectivity index (χ2v) is 4.10. The van der Waals surface area contributed by atoms with Gasteiger partial charge in [-0.15, -0.1) is 6.58 Å². The van der Waals surface area contributed by atoms with Crippen LogP contribution < -0.4 is 10.6 Å². The van der Waals surface area contributed by atoms with E-state index in [0.29, 0.717) is 11.6 Å². The maximum Gasteiger partial charge on any atom is 0.128 e. The van der Waals surface area contributed by atoms with Crippen LogP contribution in [0.1, 0.15) is 18.4 Å². The topological polar surface area (TPSA) is 42.1 Å². The van der Waals surface area contributed by atoms with Crippen molar-refractivity contribution in [3.63, 3.8) is 0 Å². The van der Waals surface area contributed by atoms with Crippen LogP contribution in [0, 0.1) is 0 Å². The fraction of sp³-hybridized carbons (Fsp3) is 0.417. The molecule has 0 unspecified atom stereocenters. The van der Waals surface area contributed by atoms with Crippen LogP contribution in [0.4, 0.5) is 5.82 Å². The Morgan fingerprint density at radius 2 is 2.38 bits per heavy atom. The summed E-state index contributed by atoms with van der Waals surface area (Å²) in [5, 5.41) is 0.630. The molecule has 0 saturated carbocycles. The monoisotopic (exact) mass is 239 g/mol. The first kappa shape index (κ1) is 13.0. The number of allylic oxidation sites excluding steroid dienone is 1. The Morgan fingerprint density at radius 1 is 1.62 bits per heavy atom. The Morgan fingerprint density at radius 3 is 3.00 bits per heavy atom. The molecule has 0 amide bonds. The van der Waals surface area contributed by atoms with E-state index in [4.69, 9.17) is 17.3 Å². The Kier molecular flexibility index (Phi) is 5.29. The van der Waals surface area contributed by atoms with Crippen LogP contribution in [-0.2, 0) is 6.54 Å². The van der Waals surface area contributed by atoms with E-state index in [1.165, 1.54) is 0 Å². The molecule has 0 radical (unpaired) electrons. The third kappa shape index (κ3) is 3.51. The van der Waals surface area contributed by atoms with Gasteiger partial charge in [-0.2, -0.15) is 0 Å². The van der Waals surface area contributed by atoms with Gasteiger partial charge in [0, 0.05) is 26.3 Å². The lowest BCUT2D eigenvalue weighted by atomic mass is 10.2. The molecule has 4 heteroatoms. The first-order chi connectivity index (χ1) is 7.69. The molecular formula is C12H18ClN3. The average molecular weight is 240 g/mol. The predicted octanol–water partition coefficient (Wildman–Crippen LogP) is 2.60. The summed E-state index contributed by atoms with van der Waals surface area (Å²) in [6.07, 6.45) is 5.67. The maximum absolute atomic E-state index is 5.95. The van der Waals surface area contributed by atoms with Gasteiger partial charge in [0.25, 0.3) is 0 Å². The predicted molar refractivity (Wildman–Crippen MR) is 69.8 cm³/mol. The van der Waals surface area contributed by atoms with Crippen molar-refractivity contribution in [2.45, 2.75) is 19.4 Å². The zero-order chi connectivity index (χ0) is 12.0. The third-order valence-electron chi connectivity index (χ3n) is 2.43. The quantitative estimate of drug-likeness (QED) is 0.613. The van der Waals surface area contributed by atoms with Gasteiger partial charge in [-0.1, -0.05) is 17.7 Å². The van der Waals surface area contributed by atoms with Gasteiger partial charge in [0.2, 0.25) is 0 Å². The minimum atomic E-state index is 0.439. The van der Waals surface area contributed by atoms with Crippen LogP contribution >= 0.6 is 11.6 Å². The lowest BCUT2D eigenvalue weighted by Crippen LogP contribution is -2.20. The van der Waals surface area contributed by atoms with E-state index in [2.05, 4.69) is 16.5 Å². The Hall–Kier alpha value is -1.06. The molecule has 0 spiro atoms. The molecule has 1 aromatic heterocycles. The van der Waals surface area contributed by atoms with Crippen molar-refractivity contribution in [3.05, 3.63) is 35.5 Å². The van der Waals surface area contributed by atoms with Crippen molar-refractivity contribution >= 4 is 17.4 Å². The summed E-state index contributed by atoms with van der Waals surface area (Å²) in [4.78, 5) is 6.37. The third-order valence-corrected chi connectivity index (χ3v) is 2.77. The molecule has 0 aliphatic carbocycles. The van der Waals surface area contributed by atoms with Crippen molar-refractivity contribution in [2.75, 3.05) is 18.5 Å². The SMILES string of the molecule is C=CCCCN(C)c1cc(CN)c(Cl)cn1. The molecule has 16 heavy (non-hydrogen) atoms. The van der Waals surface area contributed by atoms with Crippen molar-refractivity contribution < 1.29 is 0 Å². The second-order valence-electron chi connectivity index (χ2n) is 3.69. The number of anilines is 1. The number of nitrogens with two attached hydrogens (primary N) is 1. The smallest absolute Gasteiger partial charge is 0.128 e. The first-order valence-corrected chi connectivity index (χ1v) is 5.73. The summed E-state index contributed by atoms with van der Waals surface area (Å²) in [5.41, 5.74) is 6.53. The number of halogens is 1. The maximum atomic E-state index is 5.95. The van der Waals surface area contributed by atoms with E-state index in [1.54, 1.807) is 6.20 Å². The van der Waals surface area contributed by atoms with Crippen molar-refractivity contribution in [2.24, 2.45) is 5.73 Å². The van der Waals surface area contributed by atoms with E-state index < -0.39 is 0 Å². The molecule has 1 heterocycles. The molecule has 1 rings (SSSR count). The highest BCUT2D eigenvalue weighted by Crippen LogP contribution is 2.19. The lowest BCUT2D eigenvalue weighted by molar-refractivity contribution is 0.791. The Labute approximate surface area is 102 Å². The zero-order valence-electron chi connectivity index (χ0n) is 9.62. The Balaban J connectivity index is 2.67. The van der Waals surface area contributed by atoms with Crippen LogP contribution in [0.2, 0.25) is 5.02 Å². The molecule has 0 bridgehead atoms. The summed E-state index contributed by atoms with van der Waals surface area (Å²) in [7, 11) is 2.01. The summed E-state index contributed by atoms with van der Waals surface area (Å²) in [6, 6.07) is 1.94. The standard InChI is InChI=1S/C12H18ClN3/c1-3-4-5-6-16(2)12-7-10(8-14)11(13)9-15-12/h3,7,9H,1,4-6,8,14H2,2H3. The number of aromatic nitrogens is 1. The fourth-order valence-corrected chi connectivity index (χ4v) is 1.60. The highest BCUT2D eigenvalue weighted by molar-refractivity contribution is 6.31. The number of nitrogens with zero attached hydrogens (tertiary/aromatic N) is 2. The molecule has 1 aromatic rings. The highest BCUT2D eigenvalue weighted by atomic mass is 35.5. The molecular weight excluding hydrogens is 222 g/mol. The molecule has 0 atom stereocenters. The van der Waals surface area contributed by atoms with Gasteiger partial charge in [0.15, 0.2) is 0 Å². The molecule has 0 aliphatic heterocycles. The second kappa shape index (κ2) is 6.51. The number of unbranched alkanes of at least 4 members (excludes halogenated alkanes) is 1. The van der Waals surface area contributed by atoms with E-state index in [9.17, 15) is 0 Å². The van der Waals surface area contributed by atoms with Crippen molar-refractivity contribution in [1.82, 2.24) is 4.98 Å². The summed E-state index contributed by atoms with van der Waals surface area (Å²) >= 11 is 5.95. The molecule has 0 fully saturated rings. The van der Waals surface area contributed by atoms with E-state index >= 15 is 0 Å². The van der Waals surface area contributed by atoms with E-state index in [-0.39, 0.29) is 0 Å². The molecule has 2 N–H and O–H groups in total. The number of hydrogen-bond acceptors (Lipinski definition) is 3. The van der Waals surface area contributed by atoms with Crippen LogP contribution in [0.3, 0.4) is 0 Å². The normalized spacial score (nSPS) is 10.2. The average Bonchev–Trinajstić information content (AvgIpc) is 2.30. The number of hydrogen-bond donors (Lipinski definition) is 1. The Bertz CT molecular complexity index is 352. The van der Waals surface area contributed by atoms with Crippen molar-refractivity contribution in [1.29, 1.82) is 0 Å². The first-order valence-electron chi connectivity index (χ1n) is 5.35. The summed E-state index contributed by atoms with van der Waals surface area (Å²) < 4.78 is 0. The van der Waals surface area contributed by atoms with Gasteiger partial charge in [-0.3, -0.25) is 0 Å². The van der Waals surface area contributed by atoms with Gasteiger partial charge < -0.3 is 10.6 Å². The molecule has 0 aromatic carbocycles. The molecule has 3 nitrogen and oxygen atoms in total. The highest BCUT2D eigenvalue weighted by Gasteiger charge is 2.05. The van der Waals surface area contributed by atoms with E-state index in [1.807, 2.05) is 19.2 Å². The largest absolute Gasteiger partial charge is 0.360 e. The van der Waals surface area contributed by atoms with Gasteiger partial charge in [0.1, 0.15) is 5.82 Å². The van der Waals surface area contributed by atoms with Crippen LogP contribution in [0.15, 0.2) is 24.9 Å². The van der Waals surface area contributed by atoms with Gasteiger partial charge in [-0.05, 0) is 24.5 Å². The zero-order valence-corrected chi connectivity index (χ0v) is 10.4. The fourth-order valence-electron chi connectivity index (χ4n) is 1.42. The van der Waals surface area contributed by atoms with E-state index in [0.717, 1.165) is 30.8 Å². The summed E-state index contributed by atoms with van der Waals surface area (Å²) in [6.45, 7) is 5.09. The number of rotatable bonds is 6. The van der Waals surface area contributed by atoms with Gasteiger partial charge >= 0.3 is 0 Å². The minimum absolute atomic E-state index is 0.439. The molecule has 88 valence electrons. The molecule has 0 aliphatic rings. The molecule has 0 saturated heterocycles. The summed E-state index contributed by atoms with van der Waals surface area (Å²) in [5.74, 6) is 0.911. The van der Waals surface area contributed by atoms with Crippen LogP contribution in [-0.4, -0.2) is 18.6 Å². The van der Waals surface area contributed by atoms with Gasteiger partial charge in [0.05, 0.1) is 5.02 Å². The van der Waals surface area contributed by atoms with Gasteiger partial charge in [-0.25, -0.2) is 4.98 Å².